The van der Waals surface area contributed by atoms with E-state index in [0.717, 1.165) is 84.5 Å². The predicted octanol–water partition coefficient (Wildman–Crippen LogP) is 5.72. The molecule has 10 rings (SSSR count). The van der Waals surface area contributed by atoms with Crippen LogP contribution in [0.25, 0.3) is 11.1 Å². The molecule has 0 fully saturated rings. The molecule has 25 heteroatoms. The van der Waals surface area contributed by atoms with Gasteiger partial charge in [0.2, 0.25) is 20.0 Å². The van der Waals surface area contributed by atoms with Gasteiger partial charge in [-0.3, -0.25) is 4.79 Å². The van der Waals surface area contributed by atoms with Gasteiger partial charge in [0.15, 0.2) is 11.4 Å². The molecule has 9 N–H and O–H groups in total. The molecule has 0 saturated heterocycles. The summed E-state index contributed by atoms with van der Waals surface area (Å²) in [6.45, 7) is 9.75. The summed E-state index contributed by atoms with van der Waals surface area (Å²) >= 11 is 1.69. The number of hydrogen-bond donors (Lipinski definition) is 6. The van der Waals surface area contributed by atoms with Gasteiger partial charge in [0.05, 0.1) is 25.5 Å². The number of aromatic carboxylic acids is 3. The Morgan fingerprint density at radius 1 is 0.562 bits per heavy atom. The number of carbonyl (C=O) groups excluding carboxylic acids is 2. The maximum atomic E-state index is 13.3. The van der Waals surface area contributed by atoms with Crippen molar-refractivity contribution in [2.45, 2.75) is 49.1 Å². The number of amides is 1. The monoisotopic (exact) mass is 1310 g/mol. The van der Waals surface area contributed by atoms with Crippen molar-refractivity contribution >= 4 is 127 Å². The fraction of sp³-hybridized carbons (Fsp3) is 0.219. The summed E-state index contributed by atoms with van der Waals surface area (Å²) in [7, 11) is 4.19. The summed E-state index contributed by atoms with van der Waals surface area (Å²) in [4.78, 5) is 54.2. The third-order valence-electron chi connectivity index (χ3n) is 15.9. The molecule has 2 aliphatic heterocycles. The lowest BCUT2D eigenvalue weighted by atomic mass is 9.89. The number of nitrogens with one attached hydrogen (secondary N) is 1. The van der Waals surface area contributed by atoms with E-state index in [2.05, 4.69) is 99.0 Å². The van der Waals surface area contributed by atoms with Gasteiger partial charge in [0.25, 0.3) is 5.91 Å². The van der Waals surface area contributed by atoms with E-state index < -0.39 is 60.0 Å². The number of hydrogen-bond acceptors (Lipinski definition) is 14. The number of carboxylic acids is 3. The molecule has 0 saturated carbocycles. The smallest absolute Gasteiger partial charge is 0.346 e. The second-order valence-electron chi connectivity index (χ2n) is 23.4. The van der Waals surface area contributed by atoms with Gasteiger partial charge >= 0.3 is 11.9 Å². The molecule has 0 spiro atoms. The van der Waals surface area contributed by atoms with Gasteiger partial charge in [0.1, 0.15) is 54.1 Å². The van der Waals surface area contributed by atoms with Gasteiger partial charge in [0, 0.05) is 88.1 Å². The molecule has 0 atom stereocenters. The van der Waals surface area contributed by atoms with Crippen LogP contribution >= 0.6 is 22.7 Å². The van der Waals surface area contributed by atoms with Gasteiger partial charge in [-0.25, -0.2) is 45.9 Å². The number of rotatable bonds is 13. The quantitative estimate of drug-likeness (QED) is 0.0596. The number of carbonyl (C=O) groups is 4. The van der Waals surface area contributed by atoms with Crippen LogP contribution in [0.1, 0.15) is 72.1 Å². The SMILES string of the molecule is CN(C)c1ccc2c(c1)[Si](C)(C)C1=CC(=[N+](C)C)C=CC1=C2c1cc(C(=O)NCc2ccc(S(N)(=O)=O)cc2)sc1C(=O)[O-].CN(C)c1ccc2c(c1)[Si](C)(C)C1=CC(=[N+](C)C)C=CC1=C2c1cc(C(=O)O)sc1C(=O)O.NCc1ccc(S(N)(=O)=O)cc1. The summed E-state index contributed by atoms with van der Waals surface area (Å²) in [5.74, 6) is -4.03. The van der Waals surface area contributed by atoms with Gasteiger partial charge in [-0.1, -0.05) is 62.6 Å². The van der Waals surface area contributed by atoms with E-state index in [-0.39, 0.29) is 35.8 Å². The maximum absolute atomic E-state index is 13.3. The molecule has 19 nitrogen and oxygen atoms in total. The largest absolute Gasteiger partial charge is 0.544 e. The third kappa shape index (κ3) is 13.8. The molecule has 464 valence electrons. The second-order valence-corrected chi connectivity index (χ2v) is 37.2. The van der Waals surface area contributed by atoms with E-state index in [9.17, 15) is 51.3 Å². The van der Waals surface area contributed by atoms with Gasteiger partial charge in [-0.05, 0) is 138 Å². The number of nitrogens with zero attached hydrogens (tertiary/aromatic N) is 4. The van der Waals surface area contributed by atoms with Crippen LogP contribution in [0.5, 0.6) is 0 Å². The molecular formula is C64H71N8O11S4Si2+. The lowest BCUT2D eigenvalue weighted by Crippen LogP contribution is -2.49. The number of allylic oxidation sites excluding steroid dienone is 10. The van der Waals surface area contributed by atoms with Crippen molar-refractivity contribution < 1.29 is 60.5 Å². The minimum atomic E-state index is -3.83. The second kappa shape index (κ2) is 25.7. The average molecular weight is 1310 g/mol. The Kier molecular flexibility index (Phi) is 19.3. The topological polar surface area (TPSA) is 303 Å². The van der Waals surface area contributed by atoms with Crippen molar-refractivity contribution in [3.05, 3.63) is 208 Å². The summed E-state index contributed by atoms with van der Waals surface area (Å²) in [6, 6.07) is 27.8. The molecule has 0 radical (unpaired) electrons. The van der Waals surface area contributed by atoms with Gasteiger partial charge < -0.3 is 41.0 Å². The molecule has 6 aromatic rings. The van der Waals surface area contributed by atoms with Crippen molar-refractivity contribution in [3.63, 3.8) is 0 Å². The highest BCUT2D eigenvalue weighted by atomic mass is 32.2. The van der Waals surface area contributed by atoms with Crippen LogP contribution in [0, 0.1) is 0 Å². The number of sulfonamides is 2. The fourth-order valence-corrected chi connectivity index (χ4v) is 19.8. The zero-order valence-electron chi connectivity index (χ0n) is 51.3. The van der Waals surface area contributed by atoms with Crippen LogP contribution in [-0.2, 0) is 33.1 Å². The van der Waals surface area contributed by atoms with Crippen LogP contribution in [-0.4, -0.2) is 144 Å². The van der Waals surface area contributed by atoms with Gasteiger partial charge in [-0.2, -0.15) is 0 Å². The summed E-state index contributed by atoms with van der Waals surface area (Å²) in [5.41, 5.74) is 17.5. The summed E-state index contributed by atoms with van der Waals surface area (Å²) in [6.07, 6.45) is 12.6. The van der Waals surface area contributed by atoms with E-state index in [1.165, 1.54) is 51.1 Å². The molecule has 4 aromatic carbocycles. The van der Waals surface area contributed by atoms with E-state index >= 15 is 0 Å². The zero-order chi connectivity index (χ0) is 65.6. The first-order valence-corrected chi connectivity index (χ1v) is 38.5. The Hall–Kier alpha value is -8.25. The highest BCUT2D eigenvalue weighted by molar-refractivity contribution is 7.89. The van der Waals surface area contributed by atoms with Crippen molar-refractivity contribution in [1.82, 2.24) is 5.32 Å². The minimum absolute atomic E-state index is 0.0192. The molecular weight excluding hydrogens is 1240 g/mol. The standard InChI is InChI=1S/C32H34N4O5S2Si.C25H26N2O4SSi.C7H10N2O2S/c1-35(2)20-9-13-23-27(15-20)44(5,6)28-16-21(36(3)4)10-14-24(28)29(23)25-17-26(42-30(25)32(38)39)31(37)34-18-19-7-11-22(12-8-19)43(33,40)41;1-26(2)14-7-9-16-20(11-14)33(5,6)21-12-15(27(3)4)8-10-17(21)22(16)18-13-19(24(28)29)32-23(18)25(30)31;8-5-6-1-3-7(4-2-6)12(9,10)11/h7-17H,18H2,1-6H3,(H3-,33,34,37,38,39,40,41);7-13H,1-6H3,(H-,28,29,30,31);1-4H,5,8H2,(H2,9,10,11)/p+1. The first-order valence-electron chi connectivity index (χ1n) is 27.8. The third-order valence-corrected chi connectivity index (χ3v) is 27.0. The van der Waals surface area contributed by atoms with Crippen LogP contribution in [0.15, 0.2) is 165 Å². The highest BCUT2D eigenvalue weighted by Crippen LogP contribution is 2.46. The summed E-state index contributed by atoms with van der Waals surface area (Å²) < 4.78 is 48.8. The number of benzene rings is 4. The van der Waals surface area contributed by atoms with E-state index in [4.69, 9.17) is 16.0 Å². The Balaban J connectivity index is 0.000000199. The van der Waals surface area contributed by atoms with Crippen molar-refractivity contribution in [2.24, 2.45) is 16.0 Å². The average Bonchev–Trinajstić information content (AvgIpc) is 1.57. The molecule has 2 aromatic heterocycles. The van der Waals surface area contributed by atoms with E-state index in [0.29, 0.717) is 23.2 Å². The van der Waals surface area contributed by atoms with E-state index in [1.807, 2.05) is 80.7 Å². The van der Waals surface area contributed by atoms with Crippen molar-refractivity contribution in [2.75, 3.05) is 66.2 Å². The lowest BCUT2D eigenvalue weighted by molar-refractivity contribution is -0.462. The van der Waals surface area contributed by atoms with Crippen molar-refractivity contribution in [1.29, 1.82) is 0 Å². The zero-order valence-corrected chi connectivity index (χ0v) is 56.6. The number of nitrogens with two attached hydrogens (primary N) is 3. The van der Waals surface area contributed by atoms with Crippen LogP contribution < -0.4 is 46.6 Å². The number of anilines is 2. The van der Waals surface area contributed by atoms with Crippen LogP contribution in [0.4, 0.5) is 11.4 Å². The first kappa shape index (κ1) is 66.7. The molecule has 2 aliphatic carbocycles. The lowest BCUT2D eigenvalue weighted by Gasteiger charge is -2.38. The molecule has 4 heterocycles. The Bertz CT molecular complexity index is 4440. The number of thiophene rings is 2. The molecule has 0 bridgehead atoms. The molecule has 1 amide bonds. The Morgan fingerprint density at radius 3 is 1.34 bits per heavy atom. The van der Waals surface area contributed by atoms with Crippen molar-refractivity contribution in [3.8, 4) is 0 Å². The Labute approximate surface area is 528 Å². The van der Waals surface area contributed by atoms with Crippen LogP contribution in [0.2, 0.25) is 26.2 Å². The van der Waals surface area contributed by atoms with E-state index in [1.54, 1.807) is 30.3 Å². The Morgan fingerprint density at radius 2 is 0.966 bits per heavy atom. The first-order chi connectivity index (χ1) is 41.6. The minimum Gasteiger partial charge on any atom is -0.544 e. The van der Waals surface area contributed by atoms with Crippen LogP contribution in [0.3, 0.4) is 0 Å². The molecule has 4 aliphatic rings. The molecule has 89 heavy (non-hydrogen) atoms. The highest BCUT2D eigenvalue weighted by Gasteiger charge is 2.43. The molecule has 0 unspecified atom stereocenters. The fourth-order valence-electron chi connectivity index (χ4n) is 10.9. The number of carboxylic acid groups (broad SMARTS) is 3. The number of primary sulfonamides is 2. The number of fused-ring (bicyclic) bond motifs is 4. The summed E-state index contributed by atoms with van der Waals surface area (Å²) in [5, 5.41) is 49.7. The van der Waals surface area contributed by atoms with Gasteiger partial charge in [-0.15, -0.1) is 22.7 Å². The normalized spacial score (nSPS) is 15.1. The maximum Gasteiger partial charge on any atom is 0.346 e. The predicted molar refractivity (Wildman–Crippen MR) is 358 cm³/mol.